The Hall–Kier alpha value is -2.74. The highest BCUT2D eigenvalue weighted by molar-refractivity contribution is 5.92. The minimum Gasteiger partial charge on any atom is -0.383 e. The van der Waals surface area contributed by atoms with Crippen LogP contribution in [0.4, 0.5) is 5.69 Å². The van der Waals surface area contributed by atoms with Gasteiger partial charge in [0.1, 0.15) is 0 Å². The molecule has 0 aliphatic heterocycles. The zero-order valence-electron chi connectivity index (χ0n) is 11.4. The van der Waals surface area contributed by atoms with Crippen LogP contribution in [0.5, 0.6) is 0 Å². The molecule has 1 aromatic heterocycles. The maximum Gasteiger partial charge on any atom is 0.271 e. The van der Waals surface area contributed by atoms with E-state index in [0.29, 0.717) is 18.8 Å². The van der Waals surface area contributed by atoms with Crippen LogP contribution in [0.25, 0.3) is 5.69 Å². The largest absolute Gasteiger partial charge is 0.383 e. The van der Waals surface area contributed by atoms with Gasteiger partial charge in [-0.15, -0.1) is 0 Å². The van der Waals surface area contributed by atoms with Gasteiger partial charge in [-0.25, -0.2) is 4.68 Å². The molecule has 0 aliphatic carbocycles. The molecule has 1 heterocycles. The van der Waals surface area contributed by atoms with Crippen LogP contribution in [0.2, 0.25) is 0 Å². The molecule has 110 valence electrons. The van der Waals surface area contributed by atoms with Gasteiger partial charge in [0.25, 0.3) is 11.6 Å². The summed E-state index contributed by atoms with van der Waals surface area (Å²) in [5.74, 6) is -0.298. The standard InChI is InChI=1S/C13H14N4O4/c1-21-9-7-14-13(18)12-6-8-16(15-12)10-2-4-11(5-3-10)17(19)20/h2-6,8H,7,9H2,1H3,(H,14,18). The van der Waals surface area contributed by atoms with E-state index in [9.17, 15) is 14.9 Å². The minimum absolute atomic E-state index is 0.00318. The van der Waals surface area contributed by atoms with Gasteiger partial charge in [-0.3, -0.25) is 14.9 Å². The number of hydrogen-bond acceptors (Lipinski definition) is 5. The maximum atomic E-state index is 11.8. The van der Waals surface area contributed by atoms with E-state index in [1.54, 1.807) is 31.5 Å². The quantitative estimate of drug-likeness (QED) is 0.489. The van der Waals surface area contributed by atoms with Crippen molar-refractivity contribution in [3.8, 4) is 5.69 Å². The molecule has 2 rings (SSSR count). The number of carbonyl (C=O) groups excluding carboxylic acids is 1. The fraction of sp³-hybridized carbons (Fsp3) is 0.231. The van der Waals surface area contributed by atoms with Crippen molar-refractivity contribution in [1.29, 1.82) is 0 Å². The monoisotopic (exact) mass is 290 g/mol. The van der Waals surface area contributed by atoms with Crippen molar-refractivity contribution in [2.45, 2.75) is 0 Å². The van der Waals surface area contributed by atoms with Crippen LogP contribution in [0.3, 0.4) is 0 Å². The first-order chi connectivity index (χ1) is 10.1. The van der Waals surface area contributed by atoms with Crippen LogP contribution in [-0.4, -0.2) is 40.9 Å². The van der Waals surface area contributed by atoms with Crippen molar-refractivity contribution >= 4 is 11.6 Å². The lowest BCUT2D eigenvalue weighted by atomic mass is 10.3. The van der Waals surface area contributed by atoms with Gasteiger partial charge in [-0.05, 0) is 18.2 Å². The highest BCUT2D eigenvalue weighted by atomic mass is 16.6. The predicted octanol–water partition coefficient (Wildman–Crippen LogP) is 1.16. The summed E-state index contributed by atoms with van der Waals surface area (Å²) in [6.45, 7) is 0.828. The Bertz CT molecular complexity index is 636. The van der Waals surface area contributed by atoms with Crippen LogP contribution in [0, 0.1) is 10.1 Å². The lowest BCUT2D eigenvalue weighted by Crippen LogP contribution is -2.27. The average Bonchev–Trinajstić information content (AvgIpc) is 2.97. The third-order valence-corrected chi connectivity index (χ3v) is 2.74. The fourth-order valence-electron chi connectivity index (χ4n) is 1.67. The number of methoxy groups -OCH3 is 1. The number of rotatable bonds is 6. The molecule has 0 radical (unpaired) electrons. The van der Waals surface area contributed by atoms with E-state index >= 15 is 0 Å². The Morgan fingerprint density at radius 1 is 1.38 bits per heavy atom. The van der Waals surface area contributed by atoms with E-state index in [-0.39, 0.29) is 17.3 Å². The van der Waals surface area contributed by atoms with Crippen LogP contribution in [0.15, 0.2) is 36.5 Å². The third-order valence-electron chi connectivity index (χ3n) is 2.74. The van der Waals surface area contributed by atoms with E-state index in [2.05, 4.69) is 10.4 Å². The molecule has 0 unspecified atom stereocenters. The number of ether oxygens (including phenoxy) is 1. The Balaban J connectivity index is 2.08. The van der Waals surface area contributed by atoms with Gasteiger partial charge in [0.15, 0.2) is 5.69 Å². The number of aromatic nitrogens is 2. The molecule has 1 aromatic carbocycles. The number of benzene rings is 1. The molecule has 0 bridgehead atoms. The number of hydrogen-bond donors (Lipinski definition) is 1. The smallest absolute Gasteiger partial charge is 0.271 e. The van der Waals surface area contributed by atoms with E-state index in [4.69, 9.17) is 4.74 Å². The number of nitrogens with one attached hydrogen (secondary N) is 1. The summed E-state index contributed by atoms with van der Waals surface area (Å²) < 4.78 is 6.32. The Morgan fingerprint density at radius 2 is 2.10 bits per heavy atom. The van der Waals surface area contributed by atoms with Gasteiger partial charge < -0.3 is 10.1 Å². The molecule has 8 heteroatoms. The molecule has 1 amide bonds. The van der Waals surface area contributed by atoms with Gasteiger partial charge in [-0.1, -0.05) is 0 Å². The first kappa shape index (κ1) is 14.7. The summed E-state index contributed by atoms with van der Waals surface area (Å²) >= 11 is 0. The molecule has 0 spiro atoms. The number of non-ortho nitro benzene ring substituents is 1. The predicted molar refractivity (Wildman–Crippen MR) is 74.4 cm³/mol. The zero-order chi connectivity index (χ0) is 15.2. The van der Waals surface area contributed by atoms with Gasteiger partial charge in [0.2, 0.25) is 0 Å². The molecule has 2 aromatic rings. The second-order valence-corrected chi connectivity index (χ2v) is 4.17. The molecular weight excluding hydrogens is 276 g/mol. The van der Waals surface area contributed by atoms with Crippen molar-refractivity contribution in [2.75, 3.05) is 20.3 Å². The summed E-state index contributed by atoms with van der Waals surface area (Å²) in [5.41, 5.74) is 0.907. The van der Waals surface area contributed by atoms with Crippen molar-refractivity contribution in [2.24, 2.45) is 0 Å². The average molecular weight is 290 g/mol. The van der Waals surface area contributed by atoms with E-state index in [1.165, 1.54) is 16.8 Å². The van der Waals surface area contributed by atoms with E-state index in [0.717, 1.165) is 0 Å². The molecule has 0 atom stereocenters. The molecule has 8 nitrogen and oxygen atoms in total. The number of nitro benzene ring substituents is 1. The highest BCUT2D eigenvalue weighted by Crippen LogP contribution is 2.14. The first-order valence-corrected chi connectivity index (χ1v) is 6.19. The third kappa shape index (κ3) is 3.63. The maximum absolute atomic E-state index is 11.8. The lowest BCUT2D eigenvalue weighted by Gasteiger charge is -2.02. The SMILES string of the molecule is COCCNC(=O)c1ccn(-c2ccc([N+](=O)[O-])cc2)n1. The van der Waals surface area contributed by atoms with Gasteiger partial charge in [0, 0.05) is 32.0 Å². The minimum atomic E-state index is -0.471. The Kier molecular flexibility index (Phi) is 4.62. The molecule has 0 aliphatic rings. The van der Waals surface area contributed by atoms with Crippen LogP contribution >= 0.6 is 0 Å². The molecular formula is C13H14N4O4. The molecule has 1 N–H and O–H groups in total. The number of nitrogens with zero attached hydrogens (tertiary/aromatic N) is 3. The normalized spacial score (nSPS) is 10.3. The van der Waals surface area contributed by atoms with E-state index < -0.39 is 4.92 Å². The molecule has 21 heavy (non-hydrogen) atoms. The number of carbonyl (C=O) groups is 1. The van der Waals surface area contributed by atoms with Gasteiger partial charge in [0.05, 0.1) is 17.2 Å². The van der Waals surface area contributed by atoms with Crippen molar-refractivity contribution in [3.05, 3.63) is 52.3 Å². The first-order valence-electron chi connectivity index (χ1n) is 6.19. The lowest BCUT2D eigenvalue weighted by molar-refractivity contribution is -0.384. The fourth-order valence-corrected chi connectivity index (χ4v) is 1.67. The summed E-state index contributed by atoms with van der Waals surface area (Å²) in [4.78, 5) is 21.9. The molecule has 0 saturated carbocycles. The number of nitro groups is 1. The van der Waals surface area contributed by atoms with Crippen LogP contribution < -0.4 is 5.32 Å². The molecule has 0 fully saturated rings. The van der Waals surface area contributed by atoms with Crippen molar-refractivity contribution < 1.29 is 14.5 Å². The van der Waals surface area contributed by atoms with Gasteiger partial charge in [-0.2, -0.15) is 5.10 Å². The van der Waals surface area contributed by atoms with Crippen molar-refractivity contribution in [3.63, 3.8) is 0 Å². The van der Waals surface area contributed by atoms with Crippen LogP contribution in [0.1, 0.15) is 10.5 Å². The second kappa shape index (κ2) is 6.62. The van der Waals surface area contributed by atoms with Crippen LogP contribution in [-0.2, 0) is 4.74 Å². The van der Waals surface area contributed by atoms with E-state index in [1.807, 2.05) is 0 Å². The second-order valence-electron chi connectivity index (χ2n) is 4.17. The molecule has 0 saturated heterocycles. The summed E-state index contributed by atoms with van der Waals surface area (Å²) in [6.07, 6.45) is 1.62. The van der Waals surface area contributed by atoms with Gasteiger partial charge >= 0.3 is 0 Å². The summed E-state index contributed by atoms with van der Waals surface area (Å²) in [6, 6.07) is 7.48. The topological polar surface area (TPSA) is 99.3 Å². The number of amides is 1. The summed E-state index contributed by atoms with van der Waals surface area (Å²) in [5, 5.41) is 17.4. The zero-order valence-corrected chi connectivity index (χ0v) is 11.4. The summed E-state index contributed by atoms with van der Waals surface area (Å²) in [7, 11) is 1.55. The Labute approximate surface area is 120 Å². The van der Waals surface area contributed by atoms with Crippen molar-refractivity contribution in [1.82, 2.24) is 15.1 Å². The Morgan fingerprint density at radius 3 is 2.71 bits per heavy atom. The highest BCUT2D eigenvalue weighted by Gasteiger charge is 2.10.